The Hall–Kier alpha value is -2.89. The average Bonchev–Trinajstić information content (AvgIpc) is 2.62. The maximum absolute atomic E-state index is 12.4. The van der Waals surface area contributed by atoms with Gasteiger partial charge in [0.05, 0.1) is 26.5 Å². The second-order valence-electron chi connectivity index (χ2n) is 5.48. The summed E-state index contributed by atoms with van der Waals surface area (Å²) in [6.45, 7) is 2.71. The number of rotatable bonds is 8. The van der Waals surface area contributed by atoms with E-state index in [1.54, 1.807) is 50.6 Å². The Bertz CT molecular complexity index is 731. The van der Waals surface area contributed by atoms with Gasteiger partial charge in [-0.05, 0) is 42.8 Å². The van der Waals surface area contributed by atoms with Crippen LogP contribution in [0.5, 0.6) is 17.2 Å². The summed E-state index contributed by atoms with van der Waals surface area (Å²) in [6.07, 6.45) is 2.01. The van der Waals surface area contributed by atoms with E-state index in [0.29, 0.717) is 40.8 Å². The zero-order valence-electron chi connectivity index (χ0n) is 14.8. The molecular formula is C19H24N2O4. The van der Waals surface area contributed by atoms with Gasteiger partial charge in [-0.25, -0.2) is 0 Å². The molecule has 0 aliphatic rings. The first-order valence-corrected chi connectivity index (χ1v) is 8.14. The highest BCUT2D eigenvalue weighted by Gasteiger charge is 2.12. The van der Waals surface area contributed by atoms with Crippen molar-refractivity contribution in [2.24, 2.45) is 0 Å². The molecule has 2 aromatic carbocycles. The van der Waals surface area contributed by atoms with Crippen LogP contribution in [0.2, 0.25) is 0 Å². The fraction of sp³-hybridized carbons (Fsp3) is 0.316. The molecule has 0 aliphatic heterocycles. The molecule has 0 saturated heterocycles. The summed E-state index contributed by atoms with van der Waals surface area (Å²) in [5, 5.41) is 2.80. The van der Waals surface area contributed by atoms with Crippen molar-refractivity contribution >= 4 is 17.3 Å². The number of nitrogens with two attached hydrogens (primary N) is 1. The molecule has 3 N–H and O–H groups in total. The molecule has 0 atom stereocenters. The highest BCUT2D eigenvalue weighted by Crippen LogP contribution is 2.29. The number of hydrogen-bond acceptors (Lipinski definition) is 5. The van der Waals surface area contributed by atoms with Crippen molar-refractivity contribution in [2.75, 3.05) is 31.9 Å². The van der Waals surface area contributed by atoms with Crippen molar-refractivity contribution in [1.82, 2.24) is 0 Å². The zero-order chi connectivity index (χ0) is 18.2. The third-order valence-electron chi connectivity index (χ3n) is 3.67. The monoisotopic (exact) mass is 344 g/mol. The summed E-state index contributed by atoms with van der Waals surface area (Å²) in [5.41, 5.74) is 7.37. The predicted molar refractivity (Wildman–Crippen MR) is 98.8 cm³/mol. The van der Waals surface area contributed by atoms with E-state index in [0.717, 1.165) is 12.8 Å². The van der Waals surface area contributed by atoms with E-state index in [9.17, 15) is 4.79 Å². The van der Waals surface area contributed by atoms with Crippen LogP contribution in [-0.4, -0.2) is 26.7 Å². The van der Waals surface area contributed by atoms with Gasteiger partial charge in [-0.3, -0.25) is 4.79 Å². The maximum Gasteiger partial charge on any atom is 0.255 e. The van der Waals surface area contributed by atoms with E-state index in [1.165, 1.54) is 0 Å². The maximum atomic E-state index is 12.4. The highest BCUT2D eigenvalue weighted by atomic mass is 16.5. The van der Waals surface area contributed by atoms with Crippen molar-refractivity contribution in [3.8, 4) is 17.2 Å². The van der Waals surface area contributed by atoms with E-state index in [2.05, 4.69) is 12.2 Å². The lowest BCUT2D eigenvalue weighted by Gasteiger charge is -2.12. The van der Waals surface area contributed by atoms with Gasteiger partial charge in [0.1, 0.15) is 5.75 Å². The first kappa shape index (κ1) is 18.4. The molecule has 25 heavy (non-hydrogen) atoms. The third-order valence-corrected chi connectivity index (χ3v) is 3.67. The molecule has 0 heterocycles. The Kier molecular flexibility index (Phi) is 6.51. The van der Waals surface area contributed by atoms with E-state index in [1.807, 2.05) is 0 Å². The van der Waals surface area contributed by atoms with Crippen LogP contribution < -0.4 is 25.3 Å². The zero-order valence-corrected chi connectivity index (χ0v) is 14.8. The van der Waals surface area contributed by atoms with Crippen LogP contribution >= 0.6 is 0 Å². The molecule has 2 aromatic rings. The van der Waals surface area contributed by atoms with Crippen molar-refractivity contribution in [3.05, 3.63) is 42.0 Å². The minimum atomic E-state index is -0.261. The number of carbonyl (C=O) groups excluding carboxylic acids is 1. The Morgan fingerprint density at radius 1 is 1.04 bits per heavy atom. The van der Waals surface area contributed by atoms with Gasteiger partial charge >= 0.3 is 0 Å². The number of carbonyl (C=O) groups is 1. The normalized spacial score (nSPS) is 10.2. The van der Waals surface area contributed by atoms with Crippen molar-refractivity contribution in [2.45, 2.75) is 19.8 Å². The largest absolute Gasteiger partial charge is 0.495 e. The number of nitrogen functional groups attached to an aromatic ring is 1. The van der Waals surface area contributed by atoms with Gasteiger partial charge in [-0.15, -0.1) is 0 Å². The molecule has 0 radical (unpaired) electrons. The summed E-state index contributed by atoms with van der Waals surface area (Å²) in [5.74, 6) is 1.45. The molecule has 0 unspecified atom stereocenters. The summed E-state index contributed by atoms with van der Waals surface area (Å²) < 4.78 is 16.1. The van der Waals surface area contributed by atoms with Gasteiger partial charge in [-0.2, -0.15) is 0 Å². The Morgan fingerprint density at radius 3 is 2.40 bits per heavy atom. The van der Waals surface area contributed by atoms with Gasteiger partial charge in [0.15, 0.2) is 11.5 Å². The van der Waals surface area contributed by atoms with Crippen LogP contribution in [0.3, 0.4) is 0 Å². The Balaban J connectivity index is 2.12. The molecule has 0 fully saturated rings. The lowest BCUT2D eigenvalue weighted by molar-refractivity contribution is 0.102. The predicted octanol–water partition coefficient (Wildman–Crippen LogP) is 3.72. The SMILES string of the molecule is CCCCOc1ccc(C(=O)Nc2ccc(OC)c(N)c2)cc1OC. The second-order valence-corrected chi connectivity index (χ2v) is 5.48. The average molecular weight is 344 g/mol. The van der Waals surface area contributed by atoms with Crippen molar-refractivity contribution in [1.29, 1.82) is 0 Å². The fourth-order valence-electron chi connectivity index (χ4n) is 2.27. The number of anilines is 2. The third kappa shape index (κ3) is 4.79. The van der Waals surface area contributed by atoms with Crippen LogP contribution in [0.15, 0.2) is 36.4 Å². The summed E-state index contributed by atoms with van der Waals surface area (Å²) in [4.78, 5) is 12.4. The van der Waals surface area contributed by atoms with Gasteiger partial charge < -0.3 is 25.3 Å². The smallest absolute Gasteiger partial charge is 0.255 e. The molecule has 0 bridgehead atoms. The molecule has 0 aliphatic carbocycles. The van der Waals surface area contributed by atoms with Gasteiger partial charge in [0.2, 0.25) is 0 Å². The first-order chi connectivity index (χ1) is 12.1. The number of benzene rings is 2. The molecule has 0 saturated carbocycles. The van der Waals surface area contributed by atoms with Crippen LogP contribution in [0.4, 0.5) is 11.4 Å². The number of methoxy groups -OCH3 is 2. The summed E-state index contributed by atoms with van der Waals surface area (Å²) >= 11 is 0. The van der Waals surface area contributed by atoms with Crippen molar-refractivity contribution < 1.29 is 19.0 Å². The molecule has 6 heteroatoms. The van der Waals surface area contributed by atoms with E-state index in [-0.39, 0.29) is 5.91 Å². The Labute approximate surface area is 147 Å². The van der Waals surface area contributed by atoms with Gasteiger partial charge in [0.25, 0.3) is 5.91 Å². The number of unbranched alkanes of at least 4 members (excludes halogenated alkanes) is 1. The van der Waals surface area contributed by atoms with Crippen LogP contribution in [-0.2, 0) is 0 Å². The molecule has 134 valence electrons. The van der Waals surface area contributed by atoms with E-state index in [4.69, 9.17) is 19.9 Å². The molecule has 0 aromatic heterocycles. The van der Waals surface area contributed by atoms with E-state index >= 15 is 0 Å². The molecule has 6 nitrogen and oxygen atoms in total. The van der Waals surface area contributed by atoms with Crippen LogP contribution in [0.1, 0.15) is 30.1 Å². The highest BCUT2D eigenvalue weighted by molar-refractivity contribution is 6.05. The number of ether oxygens (including phenoxy) is 3. The van der Waals surface area contributed by atoms with Crippen LogP contribution in [0.25, 0.3) is 0 Å². The van der Waals surface area contributed by atoms with Gasteiger partial charge in [-0.1, -0.05) is 13.3 Å². The molecular weight excluding hydrogens is 320 g/mol. The standard InChI is InChI=1S/C19H24N2O4/c1-4-5-10-25-17-8-6-13(11-18(17)24-3)19(22)21-14-7-9-16(23-2)15(20)12-14/h6-9,11-12H,4-5,10,20H2,1-3H3,(H,21,22). The lowest BCUT2D eigenvalue weighted by Crippen LogP contribution is -2.12. The number of hydrogen-bond donors (Lipinski definition) is 2. The summed E-state index contributed by atoms with van der Waals surface area (Å²) in [6, 6.07) is 10.2. The van der Waals surface area contributed by atoms with Crippen LogP contribution in [0, 0.1) is 0 Å². The minimum Gasteiger partial charge on any atom is -0.495 e. The first-order valence-electron chi connectivity index (χ1n) is 8.14. The van der Waals surface area contributed by atoms with E-state index < -0.39 is 0 Å². The van der Waals surface area contributed by atoms with Gasteiger partial charge in [0, 0.05) is 11.3 Å². The number of amides is 1. The summed E-state index contributed by atoms with van der Waals surface area (Å²) in [7, 11) is 3.09. The topological polar surface area (TPSA) is 82.8 Å². The fourth-order valence-corrected chi connectivity index (χ4v) is 2.27. The lowest BCUT2D eigenvalue weighted by atomic mass is 10.1. The molecule has 1 amide bonds. The molecule has 0 spiro atoms. The quantitative estimate of drug-likeness (QED) is 0.563. The Morgan fingerprint density at radius 2 is 1.76 bits per heavy atom. The second kappa shape index (κ2) is 8.82. The van der Waals surface area contributed by atoms with Crippen molar-refractivity contribution in [3.63, 3.8) is 0 Å². The number of nitrogens with one attached hydrogen (secondary N) is 1. The molecule has 2 rings (SSSR count). The minimum absolute atomic E-state index is 0.261.